The van der Waals surface area contributed by atoms with Crippen molar-refractivity contribution in [3.05, 3.63) is 0 Å². The molecule has 2 heteroatoms. The number of fused-ring (bicyclic) bond motifs is 3. The number of hydrogen-bond donors (Lipinski definition) is 0. The van der Waals surface area contributed by atoms with Crippen LogP contribution in [0.5, 0.6) is 0 Å². The van der Waals surface area contributed by atoms with Crippen LogP contribution < -0.4 is 0 Å². The maximum absolute atomic E-state index is 1.84. The first-order chi connectivity index (χ1) is 3.95. The second-order valence-corrected chi connectivity index (χ2v) is 20.1. The van der Waals surface area contributed by atoms with Crippen LogP contribution in [-0.2, 0) is 0 Å². The van der Waals surface area contributed by atoms with E-state index >= 15 is 0 Å². The van der Waals surface area contributed by atoms with Gasteiger partial charge in [-0.25, -0.2) is 0 Å². The molecule has 8 heavy (non-hydrogen) atoms. The first-order valence-electron chi connectivity index (χ1n) is 3.62. The van der Waals surface area contributed by atoms with Crippen molar-refractivity contribution < 1.29 is 0 Å². The summed E-state index contributed by atoms with van der Waals surface area (Å²) in [6.07, 6.45) is 0. The molecule has 0 aliphatic carbocycles. The molecule has 3 rings (SSSR count). The van der Waals surface area contributed by atoms with Gasteiger partial charge in [-0.15, -0.1) is 0 Å². The van der Waals surface area contributed by atoms with Gasteiger partial charge in [-0.05, 0) is 0 Å². The van der Waals surface area contributed by atoms with Gasteiger partial charge in [0.25, 0.3) is 0 Å². The SMILES string of the molecule is [CH2]1[CH2][Sn]2[CH2][CH2][Sn]1[CH2][CH2]2. The normalized spacial score (nSPS) is 31.5. The summed E-state index contributed by atoms with van der Waals surface area (Å²) in [5.41, 5.74) is 0. The van der Waals surface area contributed by atoms with Crippen molar-refractivity contribution in [1.29, 1.82) is 0 Å². The van der Waals surface area contributed by atoms with E-state index in [-0.39, 0.29) is 0 Å². The van der Waals surface area contributed by atoms with Crippen LogP contribution in [-0.4, -0.2) is 39.5 Å². The summed E-state index contributed by atoms with van der Waals surface area (Å²) >= 11 is -0.972. The molecule has 0 aromatic rings. The molecule has 3 saturated heterocycles. The molecule has 0 spiro atoms. The van der Waals surface area contributed by atoms with Gasteiger partial charge in [0.1, 0.15) is 0 Å². The Bertz CT molecular complexity index is 61.5. The average Bonchev–Trinajstić information content (AvgIpc) is 1.92. The Labute approximate surface area is 65.5 Å². The minimum atomic E-state index is -0.486. The molecule has 0 atom stereocenters. The fraction of sp³-hybridized carbons (Fsp3) is 1.00. The Morgan fingerprint density at radius 1 is 0.500 bits per heavy atom. The molecule has 2 radical (unpaired) electrons. The van der Waals surface area contributed by atoms with Gasteiger partial charge in [0.05, 0.1) is 0 Å². The minimum absolute atomic E-state index is 0.486. The molecular weight excluding hydrogens is 309 g/mol. The van der Waals surface area contributed by atoms with Crippen molar-refractivity contribution in [3.63, 3.8) is 0 Å². The van der Waals surface area contributed by atoms with Crippen molar-refractivity contribution in [2.45, 2.75) is 26.6 Å². The van der Waals surface area contributed by atoms with Crippen LogP contribution >= 0.6 is 0 Å². The third kappa shape index (κ3) is 1.20. The molecule has 0 aromatic carbocycles. The summed E-state index contributed by atoms with van der Waals surface area (Å²) in [6, 6.07) is 0. The molecule has 2 bridgehead atoms. The zero-order valence-electron chi connectivity index (χ0n) is 5.24. The van der Waals surface area contributed by atoms with Crippen molar-refractivity contribution >= 4 is 39.5 Å². The Morgan fingerprint density at radius 2 is 0.750 bits per heavy atom. The van der Waals surface area contributed by atoms with Gasteiger partial charge in [-0.2, -0.15) is 0 Å². The number of rotatable bonds is 0. The predicted molar refractivity (Wildman–Crippen MR) is 40.4 cm³/mol. The van der Waals surface area contributed by atoms with E-state index in [4.69, 9.17) is 0 Å². The second kappa shape index (κ2) is 2.68. The van der Waals surface area contributed by atoms with E-state index in [0.717, 1.165) is 0 Å². The van der Waals surface area contributed by atoms with E-state index in [0.29, 0.717) is 0 Å². The van der Waals surface area contributed by atoms with Gasteiger partial charge < -0.3 is 0 Å². The molecule has 0 amide bonds. The van der Waals surface area contributed by atoms with E-state index in [1.807, 2.05) is 26.6 Å². The monoisotopic (exact) mass is 324 g/mol. The molecule has 0 nitrogen and oxygen atoms in total. The quantitative estimate of drug-likeness (QED) is 0.599. The van der Waals surface area contributed by atoms with Gasteiger partial charge >= 0.3 is 66.1 Å². The van der Waals surface area contributed by atoms with Gasteiger partial charge in [0.15, 0.2) is 0 Å². The van der Waals surface area contributed by atoms with E-state index in [2.05, 4.69) is 0 Å². The Morgan fingerprint density at radius 3 is 0.875 bits per heavy atom. The first-order valence-corrected chi connectivity index (χ1v) is 15.7. The molecule has 0 N–H and O–H groups in total. The molecule has 3 heterocycles. The third-order valence-corrected chi connectivity index (χ3v) is 31.1. The summed E-state index contributed by atoms with van der Waals surface area (Å²) in [5, 5.41) is 0. The summed E-state index contributed by atoms with van der Waals surface area (Å²) in [6.45, 7) is 0. The van der Waals surface area contributed by atoms with Crippen LogP contribution in [0.15, 0.2) is 0 Å². The predicted octanol–water partition coefficient (Wildman–Crippen LogP) is 2.00. The third-order valence-electron chi connectivity index (χ3n) is 2.50. The van der Waals surface area contributed by atoms with Crippen molar-refractivity contribution in [2.24, 2.45) is 0 Å². The fourth-order valence-corrected chi connectivity index (χ4v) is 52.8. The Balaban J connectivity index is 2.03. The Kier molecular flexibility index (Phi) is 2.12. The number of hydrogen-bond acceptors (Lipinski definition) is 0. The van der Waals surface area contributed by atoms with E-state index < -0.39 is 39.5 Å². The molecule has 3 aliphatic heterocycles. The van der Waals surface area contributed by atoms with Crippen LogP contribution in [0, 0.1) is 0 Å². The van der Waals surface area contributed by atoms with Crippen LogP contribution in [0.4, 0.5) is 0 Å². The zero-order chi connectivity index (χ0) is 5.40. The fourth-order valence-electron chi connectivity index (χ4n) is 1.81. The van der Waals surface area contributed by atoms with Gasteiger partial charge in [-0.1, -0.05) is 0 Å². The molecule has 0 unspecified atom stereocenters. The maximum atomic E-state index is 1.84. The van der Waals surface area contributed by atoms with Crippen LogP contribution in [0.2, 0.25) is 26.6 Å². The van der Waals surface area contributed by atoms with E-state index in [9.17, 15) is 0 Å². The summed E-state index contributed by atoms with van der Waals surface area (Å²) in [7, 11) is 0. The van der Waals surface area contributed by atoms with Crippen LogP contribution in [0.25, 0.3) is 0 Å². The average molecular weight is 322 g/mol. The van der Waals surface area contributed by atoms with Gasteiger partial charge in [-0.3, -0.25) is 0 Å². The van der Waals surface area contributed by atoms with Crippen molar-refractivity contribution in [3.8, 4) is 0 Å². The van der Waals surface area contributed by atoms with E-state index in [1.54, 1.807) is 0 Å². The topological polar surface area (TPSA) is 0 Å². The molecule has 0 aromatic heterocycles. The molecule has 3 fully saturated rings. The van der Waals surface area contributed by atoms with Crippen molar-refractivity contribution in [1.82, 2.24) is 0 Å². The van der Waals surface area contributed by atoms with Gasteiger partial charge in [0.2, 0.25) is 0 Å². The summed E-state index contributed by atoms with van der Waals surface area (Å²) in [5.74, 6) is 0. The Hall–Kier alpha value is 1.60. The standard InChI is InChI=1S/3C2H4.2Sn/c3*1-2;;/h3*1-2H2;;. The second-order valence-electron chi connectivity index (χ2n) is 3.00. The molecule has 44 valence electrons. The van der Waals surface area contributed by atoms with Crippen LogP contribution in [0.3, 0.4) is 0 Å². The first kappa shape index (κ1) is 6.32. The van der Waals surface area contributed by atoms with Crippen molar-refractivity contribution in [2.75, 3.05) is 0 Å². The summed E-state index contributed by atoms with van der Waals surface area (Å²) in [4.78, 5) is 0. The zero-order valence-corrected chi connectivity index (χ0v) is 11.0. The molecule has 3 aliphatic rings. The van der Waals surface area contributed by atoms with Crippen LogP contribution in [0.1, 0.15) is 0 Å². The molecular formula is C6H12Sn2. The van der Waals surface area contributed by atoms with Gasteiger partial charge in [0, 0.05) is 0 Å². The molecule has 0 saturated carbocycles. The van der Waals surface area contributed by atoms with E-state index in [1.165, 1.54) is 0 Å². The summed E-state index contributed by atoms with van der Waals surface area (Å²) < 4.78 is 11.1.